The third kappa shape index (κ3) is 3.89. The Hall–Kier alpha value is -2.03. The lowest BCUT2D eigenvalue weighted by molar-refractivity contribution is 0.0979. The van der Waals surface area contributed by atoms with E-state index in [1.54, 1.807) is 0 Å². The van der Waals surface area contributed by atoms with E-state index in [-0.39, 0.29) is 29.1 Å². The Morgan fingerprint density at radius 2 is 1.92 bits per heavy atom. The maximum Gasteiger partial charge on any atom is 0.163 e. The number of unbranched alkanes of at least 4 members (excludes halogenated alkanes) is 1. The number of phenolic OH excluding ortho intramolecular Hbond substituents is 2. The monoisotopic (exact) mass is 328 g/mol. The molecule has 1 aliphatic carbocycles. The number of aromatic hydroxyl groups is 2. The number of Topliss-reactive ketones (excluding diaryl/α,β-unsaturated/α-hetero) is 1. The number of carbonyl (C=O) groups excluding carboxylic acids is 1. The molecule has 130 valence electrons. The van der Waals surface area contributed by atoms with Gasteiger partial charge in [-0.3, -0.25) is 4.79 Å². The van der Waals surface area contributed by atoms with Gasteiger partial charge in [-0.15, -0.1) is 0 Å². The molecule has 2 atom stereocenters. The topological polar surface area (TPSA) is 57.5 Å². The molecule has 0 radical (unpaired) electrons. The normalized spacial score (nSPS) is 20.5. The zero-order valence-electron chi connectivity index (χ0n) is 14.9. The fourth-order valence-corrected chi connectivity index (χ4v) is 3.51. The van der Waals surface area contributed by atoms with Gasteiger partial charge in [-0.25, -0.2) is 0 Å². The van der Waals surface area contributed by atoms with E-state index < -0.39 is 0 Å². The summed E-state index contributed by atoms with van der Waals surface area (Å²) in [7, 11) is 0. The summed E-state index contributed by atoms with van der Waals surface area (Å²) in [6, 6.07) is 3.00. The molecule has 0 saturated carbocycles. The molecule has 0 fully saturated rings. The first-order chi connectivity index (χ1) is 11.3. The minimum absolute atomic E-state index is 0.00273. The van der Waals surface area contributed by atoms with Crippen molar-refractivity contribution in [3.05, 3.63) is 47.1 Å². The molecule has 1 aliphatic rings. The van der Waals surface area contributed by atoms with Gasteiger partial charge in [0.1, 0.15) is 11.5 Å². The Labute approximate surface area is 144 Å². The number of carbonyl (C=O) groups is 1. The Kier molecular flexibility index (Phi) is 5.87. The second kappa shape index (κ2) is 7.69. The van der Waals surface area contributed by atoms with Crippen molar-refractivity contribution < 1.29 is 15.0 Å². The van der Waals surface area contributed by atoms with E-state index in [1.165, 1.54) is 17.7 Å². The van der Waals surface area contributed by atoms with Crippen molar-refractivity contribution in [1.82, 2.24) is 0 Å². The molecular formula is C21H28O3. The number of benzene rings is 1. The number of phenols is 2. The Morgan fingerprint density at radius 3 is 2.46 bits per heavy atom. The largest absolute Gasteiger partial charge is 0.507 e. The number of hydrogen-bond donors (Lipinski definition) is 2. The molecule has 0 bridgehead atoms. The van der Waals surface area contributed by atoms with Gasteiger partial charge in [0.15, 0.2) is 5.78 Å². The molecule has 2 N–H and O–H groups in total. The van der Waals surface area contributed by atoms with Gasteiger partial charge in [-0.1, -0.05) is 37.1 Å². The second-order valence-corrected chi connectivity index (χ2v) is 6.99. The average Bonchev–Trinajstić information content (AvgIpc) is 2.51. The highest BCUT2D eigenvalue weighted by Gasteiger charge is 2.30. The number of allylic oxidation sites excluding steroid dienone is 3. The van der Waals surface area contributed by atoms with E-state index in [0.29, 0.717) is 17.5 Å². The molecule has 2 rings (SSSR count). The lowest BCUT2D eigenvalue weighted by Gasteiger charge is -2.31. The maximum absolute atomic E-state index is 12.2. The van der Waals surface area contributed by atoms with Crippen LogP contribution in [0.3, 0.4) is 0 Å². The summed E-state index contributed by atoms with van der Waals surface area (Å²) in [5.41, 5.74) is 3.18. The van der Waals surface area contributed by atoms with Crippen LogP contribution < -0.4 is 0 Å². The van der Waals surface area contributed by atoms with E-state index in [2.05, 4.69) is 19.6 Å². The van der Waals surface area contributed by atoms with Crippen LogP contribution in [0.4, 0.5) is 0 Å². The van der Waals surface area contributed by atoms with Crippen molar-refractivity contribution in [3.8, 4) is 11.5 Å². The van der Waals surface area contributed by atoms with Crippen LogP contribution in [-0.2, 0) is 0 Å². The SMILES string of the molecule is C=C(C)[C@@H]1CCC(C)=C[C@H]1c1c(O)cc(C(=O)CCCC)cc1O. The lowest BCUT2D eigenvalue weighted by Crippen LogP contribution is -2.17. The van der Waals surface area contributed by atoms with Crippen molar-refractivity contribution >= 4 is 5.78 Å². The van der Waals surface area contributed by atoms with E-state index in [1.807, 2.05) is 13.8 Å². The van der Waals surface area contributed by atoms with Crippen molar-refractivity contribution in [3.63, 3.8) is 0 Å². The Morgan fingerprint density at radius 1 is 1.29 bits per heavy atom. The molecule has 0 aromatic heterocycles. The summed E-state index contributed by atoms with van der Waals surface area (Å²) in [6.07, 6.45) is 6.25. The first kappa shape index (κ1) is 18.3. The van der Waals surface area contributed by atoms with Gasteiger partial charge in [0.05, 0.1) is 0 Å². The summed E-state index contributed by atoms with van der Waals surface area (Å²) in [5.74, 6) is 0.0399. The first-order valence-corrected chi connectivity index (χ1v) is 8.76. The van der Waals surface area contributed by atoms with Crippen LogP contribution >= 0.6 is 0 Å². The number of rotatable bonds is 6. The Balaban J connectivity index is 2.41. The molecule has 0 unspecified atom stereocenters. The molecule has 1 aromatic carbocycles. The van der Waals surface area contributed by atoms with Crippen molar-refractivity contribution in [2.75, 3.05) is 0 Å². The second-order valence-electron chi connectivity index (χ2n) is 6.99. The summed E-state index contributed by atoms with van der Waals surface area (Å²) in [4.78, 5) is 12.2. The van der Waals surface area contributed by atoms with Crippen LogP contribution in [0.1, 0.15) is 74.7 Å². The summed E-state index contributed by atoms with van der Waals surface area (Å²) >= 11 is 0. The van der Waals surface area contributed by atoms with Crippen LogP contribution in [0.15, 0.2) is 35.9 Å². The van der Waals surface area contributed by atoms with Crippen LogP contribution in [0.5, 0.6) is 11.5 Å². The van der Waals surface area contributed by atoms with Crippen molar-refractivity contribution in [2.45, 2.75) is 58.8 Å². The van der Waals surface area contributed by atoms with Gasteiger partial charge in [-0.05, 0) is 51.2 Å². The zero-order valence-corrected chi connectivity index (χ0v) is 14.9. The van der Waals surface area contributed by atoms with E-state index >= 15 is 0 Å². The minimum atomic E-state index is -0.101. The third-order valence-corrected chi connectivity index (χ3v) is 4.93. The smallest absolute Gasteiger partial charge is 0.163 e. The molecule has 24 heavy (non-hydrogen) atoms. The Bertz CT molecular complexity index is 647. The molecule has 1 aromatic rings. The fraction of sp³-hybridized carbons (Fsp3) is 0.476. The molecule has 0 spiro atoms. The first-order valence-electron chi connectivity index (χ1n) is 8.76. The predicted molar refractivity (Wildman–Crippen MR) is 97.7 cm³/mol. The molecule has 0 amide bonds. The predicted octanol–water partition coefficient (Wildman–Crippen LogP) is 5.49. The fourth-order valence-electron chi connectivity index (χ4n) is 3.51. The van der Waals surface area contributed by atoms with Gasteiger partial charge in [-0.2, -0.15) is 0 Å². The summed E-state index contributed by atoms with van der Waals surface area (Å²) in [5, 5.41) is 21.0. The standard InChI is InChI=1S/C21H28O3/c1-5-6-7-18(22)15-11-19(23)21(20(24)12-15)17-10-14(4)8-9-16(17)13(2)3/h10-12,16-17,23-24H,2,5-9H2,1,3-4H3/t16-,17+/m0/s1. The minimum Gasteiger partial charge on any atom is -0.507 e. The lowest BCUT2D eigenvalue weighted by atomic mass is 9.73. The van der Waals surface area contributed by atoms with Gasteiger partial charge in [0.25, 0.3) is 0 Å². The molecule has 3 heteroatoms. The highest BCUT2D eigenvalue weighted by Crippen LogP contribution is 2.46. The van der Waals surface area contributed by atoms with Crippen LogP contribution in [0.25, 0.3) is 0 Å². The average molecular weight is 328 g/mol. The molecule has 3 nitrogen and oxygen atoms in total. The maximum atomic E-state index is 12.2. The van der Waals surface area contributed by atoms with Crippen molar-refractivity contribution in [2.24, 2.45) is 5.92 Å². The van der Waals surface area contributed by atoms with Crippen LogP contribution in [0, 0.1) is 5.92 Å². The molecule has 0 heterocycles. The molecule has 0 aliphatic heterocycles. The molecular weight excluding hydrogens is 300 g/mol. The van der Waals surface area contributed by atoms with E-state index in [9.17, 15) is 15.0 Å². The molecule has 0 saturated heterocycles. The quantitative estimate of drug-likeness (QED) is 0.536. The highest BCUT2D eigenvalue weighted by molar-refractivity contribution is 5.97. The number of ketones is 1. The van der Waals surface area contributed by atoms with E-state index in [4.69, 9.17) is 0 Å². The van der Waals surface area contributed by atoms with Crippen molar-refractivity contribution in [1.29, 1.82) is 0 Å². The summed E-state index contributed by atoms with van der Waals surface area (Å²) in [6.45, 7) is 10.2. The number of hydrogen-bond acceptors (Lipinski definition) is 3. The van der Waals surface area contributed by atoms with Crippen LogP contribution in [0.2, 0.25) is 0 Å². The van der Waals surface area contributed by atoms with Gasteiger partial charge >= 0.3 is 0 Å². The van der Waals surface area contributed by atoms with Gasteiger partial charge in [0.2, 0.25) is 0 Å². The summed E-state index contributed by atoms with van der Waals surface area (Å²) < 4.78 is 0. The zero-order chi connectivity index (χ0) is 17.9. The van der Waals surface area contributed by atoms with Gasteiger partial charge < -0.3 is 10.2 Å². The van der Waals surface area contributed by atoms with E-state index in [0.717, 1.165) is 31.3 Å². The van der Waals surface area contributed by atoms with Crippen LogP contribution in [-0.4, -0.2) is 16.0 Å². The third-order valence-electron chi connectivity index (χ3n) is 4.93. The van der Waals surface area contributed by atoms with Gasteiger partial charge in [0, 0.05) is 23.5 Å². The highest BCUT2D eigenvalue weighted by atomic mass is 16.3.